The lowest BCUT2D eigenvalue weighted by Crippen LogP contribution is -2.36. The van der Waals surface area contributed by atoms with Crippen molar-refractivity contribution in [1.29, 1.82) is 0 Å². The molecule has 0 unspecified atom stereocenters. The minimum Gasteiger partial charge on any atom is -0.484 e. The topological polar surface area (TPSA) is 29.5 Å². The van der Waals surface area contributed by atoms with Gasteiger partial charge < -0.3 is 9.64 Å². The Bertz CT molecular complexity index is 409. The largest absolute Gasteiger partial charge is 0.484 e. The van der Waals surface area contributed by atoms with Crippen LogP contribution in [0.2, 0.25) is 0 Å². The van der Waals surface area contributed by atoms with E-state index in [2.05, 4.69) is 15.9 Å². The van der Waals surface area contributed by atoms with Gasteiger partial charge in [-0.1, -0.05) is 0 Å². The van der Waals surface area contributed by atoms with E-state index in [0.717, 1.165) is 0 Å². The molecule has 94 valence electrons. The third kappa shape index (κ3) is 4.00. The standard InChI is InChI=1S/C12H15BrFNO2/c1-8(2)15(3)12(16)7-17-9-4-5-11(14)10(13)6-9/h4-6,8H,7H2,1-3H3. The molecule has 0 aliphatic rings. The number of carbonyl (C=O) groups is 1. The van der Waals surface area contributed by atoms with Crippen molar-refractivity contribution in [3.8, 4) is 5.75 Å². The summed E-state index contributed by atoms with van der Waals surface area (Å²) in [4.78, 5) is 13.2. The molecule has 0 fully saturated rings. The van der Waals surface area contributed by atoms with Crippen molar-refractivity contribution in [2.24, 2.45) is 0 Å². The normalized spacial score (nSPS) is 10.5. The summed E-state index contributed by atoms with van der Waals surface area (Å²) in [6.45, 7) is 3.80. The number of amides is 1. The van der Waals surface area contributed by atoms with Gasteiger partial charge in [0.15, 0.2) is 6.61 Å². The average Bonchev–Trinajstić information content (AvgIpc) is 2.29. The van der Waals surface area contributed by atoms with Crippen LogP contribution >= 0.6 is 15.9 Å². The number of nitrogens with zero attached hydrogens (tertiary/aromatic N) is 1. The van der Waals surface area contributed by atoms with Gasteiger partial charge in [0, 0.05) is 13.1 Å². The molecule has 0 heterocycles. The number of rotatable bonds is 4. The first kappa shape index (κ1) is 14.0. The van der Waals surface area contributed by atoms with Gasteiger partial charge in [0.05, 0.1) is 4.47 Å². The fraction of sp³-hybridized carbons (Fsp3) is 0.417. The van der Waals surface area contributed by atoms with Gasteiger partial charge in [-0.2, -0.15) is 0 Å². The highest BCUT2D eigenvalue weighted by atomic mass is 79.9. The van der Waals surface area contributed by atoms with E-state index >= 15 is 0 Å². The number of hydrogen-bond acceptors (Lipinski definition) is 2. The molecule has 1 rings (SSSR count). The van der Waals surface area contributed by atoms with Gasteiger partial charge in [0.1, 0.15) is 11.6 Å². The molecule has 1 aromatic carbocycles. The van der Waals surface area contributed by atoms with Crippen LogP contribution in [0.1, 0.15) is 13.8 Å². The molecule has 0 saturated carbocycles. The molecule has 0 radical (unpaired) electrons. The maximum Gasteiger partial charge on any atom is 0.260 e. The zero-order valence-electron chi connectivity index (χ0n) is 10.0. The highest BCUT2D eigenvalue weighted by molar-refractivity contribution is 9.10. The quantitative estimate of drug-likeness (QED) is 0.856. The third-order valence-corrected chi connectivity index (χ3v) is 3.03. The summed E-state index contributed by atoms with van der Waals surface area (Å²) in [5.41, 5.74) is 0. The van der Waals surface area contributed by atoms with Crippen LogP contribution in [0.5, 0.6) is 5.75 Å². The second-order valence-corrected chi connectivity index (χ2v) is 4.82. The first-order chi connectivity index (χ1) is 7.91. The SMILES string of the molecule is CC(C)N(C)C(=O)COc1ccc(F)c(Br)c1. The Labute approximate surface area is 109 Å². The molecule has 0 aliphatic carbocycles. The van der Waals surface area contributed by atoms with Crippen LogP contribution in [-0.4, -0.2) is 30.5 Å². The van der Waals surface area contributed by atoms with E-state index in [9.17, 15) is 9.18 Å². The van der Waals surface area contributed by atoms with Gasteiger partial charge >= 0.3 is 0 Å². The van der Waals surface area contributed by atoms with E-state index in [1.165, 1.54) is 18.2 Å². The summed E-state index contributed by atoms with van der Waals surface area (Å²) in [6.07, 6.45) is 0. The Kier molecular flexibility index (Phi) is 4.93. The van der Waals surface area contributed by atoms with Crippen molar-refractivity contribution in [3.05, 3.63) is 28.5 Å². The lowest BCUT2D eigenvalue weighted by Gasteiger charge is -2.21. The molecule has 1 amide bonds. The maximum atomic E-state index is 13.0. The predicted molar refractivity (Wildman–Crippen MR) is 67.5 cm³/mol. The summed E-state index contributed by atoms with van der Waals surface area (Å²) < 4.78 is 18.6. The summed E-state index contributed by atoms with van der Waals surface area (Å²) in [7, 11) is 1.72. The molecule has 17 heavy (non-hydrogen) atoms. The first-order valence-electron chi connectivity index (χ1n) is 5.25. The molecule has 0 atom stereocenters. The van der Waals surface area contributed by atoms with Gasteiger partial charge in [-0.15, -0.1) is 0 Å². The zero-order chi connectivity index (χ0) is 13.0. The lowest BCUT2D eigenvalue weighted by atomic mass is 10.3. The first-order valence-corrected chi connectivity index (χ1v) is 6.04. The molecular formula is C12H15BrFNO2. The van der Waals surface area contributed by atoms with Crippen LogP contribution < -0.4 is 4.74 Å². The Hall–Kier alpha value is -1.10. The number of ether oxygens (including phenoxy) is 1. The second kappa shape index (κ2) is 6.00. The number of halogens is 2. The average molecular weight is 304 g/mol. The van der Waals surface area contributed by atoms with E-state index in [0.29, 0.717) is 10.2 Å². The van der Waals surface area contributed by atoms with Gasteiger partial charge in [0.2, 0.25) is 0 Å². The fourth-order valence-electron chi connectivity index (χ4n) is 1.10. The molecule has 0 saturated heterocycles. The van der Waals surface area contributed by atoms with E-state index in [-0.39, 0.29) is 24.4 Å². The Morgan fingerprint density at radius 1 is 1.53 bits per heavy atom. The number of benzene rings is 1. The van der Waals surface area contributed by atoms with E-state index in [1.54, 1.807) is 11.9 Å². The Balaban J connectivity index is 2.56. The summed E-state index contributed by atoms with van der Waals surface area (Å²) in [5.74, 6) is -0.00722. The Morgan fingerprint density at radius 2 is 2.18 bits per heavy atom. The van der Waals surface area contributed by atoms with E-state index in [4.69, 9.17) is 4.74 Å². The molecule has 0 N–H and O–H groups in total. The van der Waals surface area contributed by atoms with Crippen LogP contribution in [0.3, 0.4) is 0 Å². The molecule has 0 aliphatic heterocycles. The van der Waals surface area contributed by atoms with E-state index in [1.807, 2.05) is 13.8 Å². The summed E-state index contributed by atoms with van der Waals surface area (Å²) >= 11 is 3.05. The van der Waals surface area contributed by atoms with E-state index < -0.39 is 0 Å². The minimum absolute atomic E-state index is 0.0489. The smallest absolute Gasteiger partial charge is 0.260 e. The minimum atomic E-state index is -0.358. The van der Waals surface area contributed by atoms with Gasteiger partial charge in [0.25, 0.3) is 5.91 Å². The van der Waals surface area contributed by atoms with Crippen molar-refractivity contribution < 1.29 is 13.9 Å². The molecule has 1 aromatic rings. The molecule has 3 nitrogen and oxygen atoms in total. The highest BCUT2D eigenvalue weighted by Gasteiger charge is 2.12. The number of likely N-dealkylation sites (N-methyl/N-ethyl adjacent to an activating group) is 1. The van der Waals surface area contributed by atoms with Gasteiger partial charge in [-0.3, -0.25) is 4.79 Å². The van der Waals surface area contributed by atoms with Crippen molar-refractivity contribution >= 4 is 21.8 Å². The van der Waals surface area contributed by atoms with Crippen LogP contribution in [0.15, 0.2) is 22.7 Å². The van der Waals surface area contributed by atoms with Crippen molar-refractivity contribution in [3.63, 3.8) is 0 Å². The number of carbonyl (C=O) groups excluding carboxylic acids is 1. The van der Waals surface area contributed by atoms with Crippen molar-refractivity contribution in [2.45, 2.75) is 19.9 Å². The molecule has 0 aromatic heterocycles. The van der Waals surface area contributed by atoms with Gasteiger partial charge in [-0.05, 0) is 48.0 Å². The molecule has 5 heteroatoms. The predicted octanol–water partition coefficient (Wildman–Crippen LogP) is 2.83. The lowest BCUT2D eigenvalue weighted by molar-refractivity contribution is -0.133. The molecule has 0 bridgehead atoms. The highest BCUT2D eigenvalue weighted by Crippen LogP contribution is 2.21. The fourth-order valence-corrected chi connectivity index (χ4v) is 1.46. The summed E-state index contributed by atoms with van der Waals surface area (Å²) in [5, 5.41) is 0. The van der Waals surface area contributed by atoms with Crippen LogP contribution in [0.4, 0.5) is 4.39 Å². The summed E-state index contributed by atoms with van der Waals surface area (Å²) in [6, 6.07) is 4.41. The second-order valence-electron chi connectivity index (χ2n) is 3.96. The monoisotopic (exact) mass is 303 g/mol. The van der Waals surface area contributed by atoms with Crippen LogP contribution in [0.25, 0.3) is 0 Å². The van der Waals surface area contributed by atoms with Crippen LogP contribution in [-0.2, 0) is 4.79 Å². The van der Waals surface area contributed by atoms with Crippen molar-refractivity contribution in [2.75, 3.05) is 13.7 Å². The Morgan fingerprint density at radius 3 is 2.71 bits per heavy atom. The molecular weight excluding hydrogens is 289 g/mol. The molecule has 0 spiro atoms. The van der Waals surface area contributed by atoms with Crippen LogP contribution in [0, 0.1) is 5.82 Å². The number of hydrogen-bond donors (Lipinski definition) is 0. The van der Waals surface area contributed by atoms with Crippen molar-refractivity contribution in [1.82, 2.24) is 4.90 Å². The van der Waals surface area contributed by atoms with Gasteiger partial charge in [-0.25, -0.2) is 4.39 Å². The third-order valence-electron chi connectivity index (χ3n) is 2.42. The zero-order valence-corrected chi connectivity index (χ0v) is 11.6. The maximum absolute atomic E-state index is 13.0.